The predicted octanol–water partition coefficient (Wildman–Crippen LogP) is 3.96. The number of nitrogens with zero attached hydrogens (tertiary/aromatic N) is 2. The Morgan fingerprint density at radius 3 is 2.85 bits per heavy atom. The highest BCUT2D eigenvalue weighted by atomic mass is 16.5. The van der Waals surface area contributed by atoms with Crippen LogP contribution in [0.25, 0.3) is 0 Å². The second-order valence-corrected chi connectivity index (χ2v) is 7.02. The highest BCUT2D eigenvalue weighted by Crippen LogP contribution is 2.32. The maximum absolute atomic E-state index is 11.6. The normalized spacial score (nSPS) is 13.3. The highest BCUT2D eigenvalue weighted by molar-refractivity contribution is 5.89. The summed E-state index contributed by atoms with van der Waals surface area (Å²) in [7, 11) is 1.49. The number of hydrogen-bond acceptors (Lipinski definition) is 4. The van der Waals surface area contributed by atoms with E-state index < -0.39 is 6.03 Å². The van der Waals surface area contributed by atoms with Gasteiger partial charge in [0.05, 0.1) is 11.8 Å². The van der Waals surface area contributed by atoms with E-state index in [-0.39, 0.29) is 6.10 Å². The minimum absolute atomic E-state index is 0.149. The molecule has 2 aromatic carbocycles. The second kappa shape index (κ2) is 8.31. The number of hydroxylamine groups is 1. The molecule has 6 heteroatoms. The first-order valence-corrected chi connectivity index (χ1v) is 9.32. The van der Waals surface area contributed by atoms with Crippen LogP contribution in [-0.2, 0) is 13.0 Å². The molecule has 3 rings (SSSR count). The monoisotopic (exact) mass is 369 g/mol. The van der Waals surface area contributed by atoms with Crippen LogP contribution in [0.2, 0.25) is 0 Å². The van der Waals surface area contributed by atoms with Crippen molar-refractivity contribution in [3.63, 3.8) is 0 Å². The van der Waals surface area contributed by atoms with Gasteiger partial charge in [0.25, 0.3) is 0 Å². The van der Waals surface area contributed by atoms with Gasteiger partial charge in [-0.1, -0.05) is 12.1 Å². The lowest BCUT2D eigenvalue weighted by Gasteiger charge is -2.32. The minimum Gasteiger partial charge on any atom is -0.491 e. The van der Waals surface area contributed by atoms with Crippen LogP contribution in [0.1, 0.15) is 31.4 Å². The molecule has 0 aromatic heterocycles. The van der Waals surface area contributed by atoms with Gasteiger partial charge in [-0.3, -0.25) is 5.21 Å². The molecule has 1 heterocycles. The number of carbonyl (C=O) groups is 1. The van der Waals surface area contributed by atoms with E-state index in [9.17, 15) is 10.0 Å². The molecule has 1 aliphatic heterocycles. The summed E-state index contributed by atoms with van der Waals surface area (Å²) in [5.74, 6) is 0.886. The highest BCUT2D eigenvalue weighted by Gasteiger charge is 2.20. The summed E-state index contributed by atoms with van der Waals surface area (Å²) in [6.45, 7) is 5.81. The van der Waals surface area contributed by atoms with E-state index in [1.54, 1.807) is 6.07 Å². The summed E-state index contributed by atoms with van der Waals surface area (Å²) >= 11 is 0. The first-order valence-electron chi connectivity index (χ1n) is 9.32. The van der Waals surface area contributed by atoms with Crippen LogP contribution < -0.4 is 20.0 Å². The topological polar surface area (TPSA) is 65.0 Å². The zero-order chi connectivity index (χ0) is 19.4. The first kappa shape index (κ1) is 19.0. The van der Waals surface area contributed by atoms with Crippen LogP contribution in [0.15, 0.2) is 42.5 Å². The smallest absolute Gasteiger partial charge is 0.345 e. The number of carbonyl (C=O) groups excluding carboxylic acids is 1. The number of aryl methyl sites for hydroxylation is 1. The molecule has 0 aliphatic carbocycles. The first-order chi connectivity index (χ1) is 13.0. The molecule has 0 saturated heterocycles. The summed E-state index contributed by atoms with van der Waals surface area (Å²) in [6, 6.07) is 13.3. The van der Waals surface area contributed by atoms with Crippen LogP contribution >= 0.6 is 0 Å². The van der Waals surface area contributed by atoms with Crippen molar-refractivity contribution in [3.05, 3.63) is 53.6 Å². The van der Waals surface area contributed by atoms with Crippen molar-refractivity contribution in [1.82, 2.24) is 5.32 Å². The number of benzene rings is 2. The van der Waals surface area contributed by atoms with Crippen LogP contribution in [0.5, 0.6) is 5.75 Å². The molecule has 144 valence electrons. The molecule has 0 atom stereocenters. The summed E-state index contributed by atoms with van der Waals surface area (Å²) in [4.78, 5) is 14.0. The molecule has 0 unspecified atom stereocenters. The number of rotatable bonds is 5. The van der Waals surface area contributed by atoms with E-state index in [1.807, 2.05) is 38.1 Å². The summed E-state index contributed by atoms with van der Waals surface area (Å²) < 4.78 is 5.80. The molecule has 2 N–H and O–H groups in total. The van der Waals surface area contributed by atoms with Crippen molar-refractivity contribution in [2.75, 3.05) is 23.6 Å². The van der Waals surface area contributed by atoms with Crippen molar-refractivity contribution in [2.24, 2.45) is 0 Å². The Morgan fingerprint density at radius 2 is 2.11 bits per heavy atom. The van der Waals surface area contributed by atoms with E-state index in [0.29, 0.717) is 10.8 Å². The molecule has 2 amide bonds. The minimum atomic E-state index is -0.551. The Morgan fingerprint density at radius 1 is 1.30 bits per heavy atom. The lowest BCUT2D eigenvalue weighted by Crippen LogP contribution is -2.35. The number of hydrogen-bond donors (Lipinski definition) is 2. The van der Waals surface area contributed by atoms with E-state index in [2.05, 4.69) is 22.3 Å². The van der Waals surface area contributed by atoms with Crippen molar-refractivity contribution >= 4 is 17.4 Å². The van der Waals surface area contributed by atoms with Gasteiger partial charge >= 0.3 is 6.03 Å². The third-order valence-electron chi connectivity index (χ3n) is 4.57. The van der Waals surface area contributed by atoms with Gasteiger partial charge in [-0.15, -0.1) is 0 Å². The maximum atomic E-state index is 11.6. The largest absolute Gasteiger partial charge is 0.491 e. The number of amides is 2. The fraction of sp³-hybridized carbons (Fsp3) is 0.381. The Labute approximate surface area is 160 Å². The fourth-order valence-corrected chi connectivity index (χ4v) is 3.39. The molecule has 0 bridgehead atoms. The van der Waals surface area contributed by atoms with Crippen LogP contribution in [0.4, 0.5) is 16.2 Å². The fourth-order valence-electron chi connectivity index (χ4n) is 3.39. The zero-order valence-electron chi connectivity index (χ0n) is 16.1. The van der Waals surface area contributed by atoms with Crippen molar-refractivity contribution < 1.29 is 14.7 Å². The SMILES string of the molecule is CNC(=O)N(O)c1ccc2c(c1)CCCN2Cc1cccc(OC(C)C)c1. The summed E-state index contributed by atoms with van der Waals surface area (Å²) in [5.41, 5.74) is 3.95. The van der Waals surface area contributed by atoms with E-state index in [1.165, 1.54) is 12.6 Å². The van der Waals surface area contributed by atoms with E-state index >= 15 is 0 Å². The molecule has 0 radical (unpaired) electrons. The van der Waals surface area contributed by atoms with Crippen molar-refractivity contribution in [2.45, 2.75) is 39.3 Å². The molecule has 0 spiro atoms. The standard InChI is InChI=1S/C21H27N3O3/c1-15(2)27-19-8-4-6-16(12-19)14-23-11-5-7-17-13-18(9-10-20(17)23)24(26)21(25)22-3/h4,6,8-10,12-13,15,26H,5,7,11,14H2,1-3H3,(H,22,25). The molecule has 6 nitrogen and oxygen atoms in total. The number of urea groups is 1. The maximum Gasteiger partial charge on any atom is 0.345 e. The quantitative estimate of drug-likeness (QED) is 0.618. The molecule has 0 saturated carbocycles. The van der Waals surface area contributed by atoms with Gasteiger partial charge in [0.1, 0.15) is 5.75 Å². The molecular weight excluding hydrogens is 342 g/mol. The number of anilines is 2. The van der Waals surface area contributed by atoms with Gasteiger partial charge in [0.15, 0.2) is 0 Å². The molecule has 0 fully saturated rings. The van der Waals surface area contributed by atoms with E-state index in [0.717, 1.165) is 42.9 Å². The van der Waals surface area contributed by atoms with Gasteiger partial charge in [0.2, 0.25) is 0 Å². The molecule has 2 aromatic rings. The Kier molecular flexibility index (Phi) is 5.86. The molecular formula is C21H27N3O3. The van der Waals surface area contributed by atoms with Gasteiger partial charge in [-0.25, -0.2) is 4.79 Å². The van der Waals surface area contributed by atoms with Crippen molar-refractivity contribution in [1.29, 1.82) is 0 Å². The average Bonchev–Trinajstić information content (AvgIpc) is 2.66. The number of ether oxygens (including phenoxy) is 1. The zero-order valence-corrected chi connectivity index (χ0v) is 16.1. The van der Waals surface area contributed by atoms with Gasteiger partial charge < -0.3 is 15.0 Å². The van der Waals surface area contributed by atoms with Crippen molar-refractivity contribution in [3.8, 4) is 5.75 Å². The van der Waals surface area contributed by atoms with Crippen LogP contribution in [0, 0.1) is 0 Å². The predicted molar refractivity (Wildman–Crippen MR) is 107 cm³/mol. The summed E-state index contributed by atoms with van der Waals surface area (Å²) in [5, 5.41) is 13.1. The lowest BCUT2D eigenvalue weighted by molar-refractivity contribution is 0.206. The third kappa shape index (κ3) is 4.52. The molecule has 1 aliphatic rings. The van der Waals surface area contributed by atoms with Gasteiger partial charge in [-0.05, 0) is 68.1 Å². The third-order valence-corrected chi connectivity index (χ3v) is 4.57. The lowest BCUT2D eigenvalue weighted by atomic mass is 10.00. The van der Waals surface area contributed by atoms with Crippen LogP contribution in [0.3, 0.4) is 0 Å². The number of fused-ring (bicyclic) bond motifs is 1. The van der Waals surface area contributed by atoms with Gasteiger partial charge in [0, 0.05) is 25.8 Å². The average molecular weight is 369 g/mol. The van der Waals surface area contributed by atoms with Crippen LogP contribution in [-0.4, -0.2) is 30.9 Å². The Bertz CT molecular complexity index is 807. The number of nitrogens with one attached hydrogen (secondary N) is 1. The molecule has 27 heavy (non-hydrogen) atoms. The summed E-state index contributed by atoms with van der Waals surface area (Å²) in [6.07, 6.45) is 2.11. The van der Waals surface area contributed by atoms with Gasteiger partial charge in [-0.2, -0.15) is 5.06 Å². The second-order valence-electron chi connectivity index (χ2n) is 7.02. The van der Waals surface area contributed by atoms with E-state index in [4.69, 9.17) is 4.74 Å². The Balaban J connectivity index is 1.79. The Hall–Kier alpha value is -2.73.